The Morgan fingerprint density at radius 3 is 2.33 bits per heavy atom. The van der Waals surface area contributed by atoms with Crippen LogP contribution in [-0.2, 0) is 9.53 Å². The number of allylic oxidation sites excluding steroid dienone is 1. The van der Waals surface area contributed by atoms with Crippen LogP contribution in [0.15, 0.2) is 23.7 Å². The number of rotatable bonds is 5. The number of benzene rings is 1. The minimum Gasteiger partial charge on any atom is -0.478 e. The van der Waals surface area contributed by atoms with Crippen LogP contribution in [0.4, 0.5) is 32.4 Å². The Morgan fingerprint density at radius 2 is 1.85 bits per heavy atom. The number of esters is 1. The van der Waals surface area contributed by atoms with Crippen LogP contribution in [0.3, 0.4) is 0 Å². The molecule has 3 N–H and O–H groups in total. The summed E-state index contributed by atoms with van der Waals surface area (Å²) >= 11 is 5.48. The van der Waals surface area contributed by atoms with Gasteiger partial charge in [0.15, 0.2) is 5.70 Å². The van der Waals surface area contributed by atoms with Crippen molar-refractivity contribution in [3.8, 4) is 0 Å². The summed E-state index contributed by atoms with van der Waals surface area (Å²) in [6.45, 7) is 0.777. The highest BCUT2D eigenvalue weighted by Gasteiger charge is 2.41. The van der Waals surface area contributed by atoms with Crippen LogP contribution in [-0.4, -0.2) is 35.9 Å². The van der Waals surface area contributed by atoms with Gasteiger partial charge in [0, 0.05) is 0 Å². The summed E-state index contributed by atoms with van der Waals surface area (Å²) in [4.78, 5) is 33.7. The largest absolute Gasteiger partial charge is 0.478 e. The van der Waals surface area contributed by atoms with Gasteiger partial charge in [0.1, 0.15) is 5.82 Å². The van der Waals surface area contributed by atoms with Gasteiger partial charge in [-0.05, 0) is 19.1 Å². The van der Waals surface area contributed by atoms with E-state index in [9.17, 15) is 36.3 Å². The fourth-order valence-corrected chi connectivity index (χ4v) is 1.85. The molecule has 1 aromatic carbocycles. The zero-order valence-corrected chi connectivity index (χ0v) is 14.0. The second kappa shape index (κ2) is 8.66. The molecule has 0 radical (unpaired) electrons. The SMILES string of the molecule is CCOC(=O)C(F)=C(NC(=O)Nc1cc(C(=O)O)c(Cl)cc1F)C(F)(F)F. The zero-order valence-electron chi connectivity index (χ0n) is 13.2. The highest BCUT2D eigenvalue weighted by atomic mass is 35.5. The molecule has 0 heterocycles. The number of alkyl halides is 3. The van der Waals surface area contributed by atoms with Crippen molar-refractivity contribution in [3.05, 3.63) is 40.1 Å². The molecule has 0 bridgehead atoms. The Labute approximate surface area is 152 Å². The molecular formula is C14H10ClF5N2O5. The molecule has 1 aromatic rings. The molecule has 27 heavy (non-hydrogen) atoms. The van der Waals surface area contributed by atoms with Crippen LogP contribution >= 0.6 is 11.6 Å². The van der Waals surface area contributed by atoms with E-state index in [2.05, 4.69) is 4.74 Å². The van der Waals surface area contributed by atoms with E-state index in [1.807, 2.05) is 0 Å². The number of carbonyl (C=O) groups excluding carboxylic acids is 2. The van der Waals surface area contributed by atoms with Gasteiger partial charge >= 0.3 is 24.1 Å². The molecule has 0 aliphatic rings. The Morgan fingerprint density at radius 1 is 1.26 bits per heavy atom. The Hall–Kier alpha value is -2.89. The molecule has 0 spiro atoms. The maximum atomic E-state index is 13.7. The van der Waals surface area contributed by atoms with E-state index in [1.165, 1.54) is 6.92 Å². The second-order valence-corrected chi connectivity index (χ2v) is 5.01. The number of aromatic carboxylic acids is 1. The molecule has 13 heteroatoms. The first-order valence-corrected chi connectivity index (χ1v) is 7.20. The van der Waals surface area contributed by atoms with Crippen LogP contribution in [0.25, 0.3) is 0 Å². The third-order valence-corrected chi connectivity index (χ3v) is 3.04. The lowest BCUT2D eigenvalue weighted by Crippen LogP contribution is -2.36. The molecule has 0 aromatic heterocycles. The third-order valence-electron chi connectivity index (χ3n) is 2.73. The smallest absolute Gasteiger partial charge is 0.434 e. The highest BCUT2D eigenvalue weighted by molar-refractivity contribution is 6.33. The number of carboxylic acid groups (broad SMARTS) is 1. The van der Waals surface area contributed by atoms with Gasteiger partial charge in [-0.2, -0.15) is 17.6 Å². The van der Waals surface area contributed by atoms with Gasteiger partial charge in [0.05, 0.1) is 22.9 Å². The molecule has 148 valence electrons. The number of urea groups is 1. The number of ether oxygens (including phenoxy) is 1. The molecule has 0 aliphatic carbocycles. The van der Waals surface area contributed by atoms with Crippen molar-refractivity contribution in [1.29, 1.82) is 0 Å². The summed E-state index contributed by atoms with van der Waals surface area (Å²) in [6.07, 6.45) is -5.50. The normalized spacial score (nSPS) is 12.1. The maximum absolute atomic E-state index is 13.7. The van der Waals surface area contributed by atoms with Gasteiger partial charge in [-0.25, -0.2) is 18.8 Å². The van der Waals surface area contributed by atoms with Crippen LogP contribution < -0.4 is 10.6 Å². The highest BCUT2D eigenvalue weighted by Crippen LogP contribution is 2.28. The van der Waals surface area contributed by atoms with E-state index >= 15 is 0 Å². The molecular weight excluding hydrogens is 407 g/mol. The van der Waals surface area contributed by atoms with Crippen molar-refractivity contribution < 1.29 is 46.2 Å². The second-order valence-electron chi connectivity index (χ2n) is 4.60. The topological polar surface area (TPSA) is 105 Å². The van der Waals surface area contributed by atoms with Gasteiger partial charge in [-0.3, -0.25) is 0 Å². The quantitative estimate of drug-likeness (QED) is 0.386. The molecule has 0 fully saturated rings. The standard InChI is InChI=1S/C14H10ClF5N2O5/c1-2-27-12(25)9(17)10(14(18,19)20)22-13(26)21-8-3-5(11(23)24)6(15)4-7(8)16/h3-4H,2H2,1H3,(H,23,24)(H2,21,22,26). The fraction of sp³-hybridized carbons (Fsp3) is 0.214. The third kappa shape index (κ3) is 5.81. The predicted molar refractivity (Wildman–Crippen MR) is 81.3 cm³/mol. The van der Waals surface area contributed by atoms with E-state index in [-0.39, 0.29) is 0 Å². The van der Waals surface area contributed by atoms with Crippen molar-refractivity contribution in [1.82, 2.24) is 5.32 Å². The molecule has 0 saturated heterocycles. The van der Waals surface area contributed by atoms with Crippen LogP contribution in [0.1, 0.15) is 17.3 Å². The number of amides is 2. The van der Waals surface area contributed by atoms with Gasteiger partial charge in [-0.15, -0.1) is 0 Å². The average Bonchev–Trinajstić information content (AvgIpc) is 2.53. The summed E-state index contributed by atoms with van der Waals surface area (Å²) in [5.74, 6) is -7.28. The monoisotopic (exact) mass is 416 g/mol. The molecule has 0 aliphatic heterocycles. The van der Waals surface area contributed by atoms with Crippen LogP contribution in [0.5, 0.6) is 0 Å². The summed E-state index contributed by atoms with van der Waals surface area (Å²) in [6, 6.07) is -0.766. The van der Waals surface area contributed by atoms with Crippen molar-refractivity contribution in [2.75, 3.05) is 11.9 Å². The lowest BCUT2D eigenvalue weighted by atomic mass is 10.2. The molecule has 2 amide bonds. The summed E-state index contributed by atoms with van der Waals surface area (Å²) < 4.78 is 70.0. The Balaban J connectivity index is 3.15. The minimum absolute atomic E-state index is 0.433. The number of nitrogens with one attached hydrogen (secondary N) is 2. The zero-order chi connectivity index (χ0) is 20.9. The molecule has 0 saturated carbocycles. The van der Waals surface area contributed by atoms with E-state index in [4.69, 9.17) is 16.7 Å². The predicted octanol–water partition coefficient (Wildman–Crippen LogP) is 3.61. The lowest BCUT2D eigenvalue weighted by Gasteiger charge is -2.15. The summed E-state index contributed by atoms with van der Waals surface area (Å²) in [7, 11) is 0. The number of anilines is 1. The van der Waals surface area contributed by atoms with E-state index < -0.39 is 64.4 Å². The van der Waals surface area contributed by atoms with Crippen molar-refractivity contribution in [3.63, 3.8) is 0 Å². The first kappa shape index (κ1) is 22.2. The summed E-state index contributed by atoms with van der Waals surface area (Å²) in [5.41, 5.74) is -3.89. The number of hydrogen-bond acceptors (Lipinski definition) is 4. The van der Waals surface area contributed by atoms with Crippen LogP contribution in [0, 0.1) is 5.82 Å². The van der Waals surface area contributed by atoms with E-state index in [0.717, 1.165) is 5.32 Å². The van der Waals surface area contributed by atoms with Crippen molar-refractivity contribution >= 4 is 35.3 Å². The molecule has 1 rings (SSSR count). The van der Waals surface area contributed by atoms with Crippen LogP contribution in [0.2, 0.25) is 5.02 Å². The summed E-state index contributed by atoms with van der Waals surface area (Å²) in [5, 5.41) is 10.9. The first-order valence-electron chi connectivity index (χ1n) is 6.82. The lowest BCUT2D eigenvalue weighted by molar-refractivity contribution is -0.142. The number of carboxylic acids is 1. The number of carbonyl (C=O) groups is 3. The molecule has 0 unspecified atom stereocenters. The van der Waals surface area contributed by atoms with Gasteiger partial charge in [-0.1, -0.05) is 11.6 Å². The van der Waals surface area contributed by atoms with Gasteiger partial charge < -0.3 is 20.5 Å². The Bertz CT molecular complexity index is 810. The first-order chi connectivity index (χ1) is 12.4. The number of halogens is 6. The fourth-order valence-electron chi connectivity index (χ4n) is 1.62. The molecule has 0 atom stereocenters. The molecule has 7 nitrogen and oxygen atoms in total. The Kier molecular flexibility index (Phi) is 7.11. The maximum Gasteiger partial charge on any atom is 0.434 e. The van der Waals surface area contributed by atoms with E-state index in [1.54, 1.807) is 5.32 Å². The van der Waals surface area contributed by atoms with Gasteiger partial charge in [0.25, 0.3) is 0 Å². The van der Waals surface area contributed by atoms with Crippen molar-refractivity contribution in [2.45, 2.75) is 13.1 Å². The van der Waals surface area contributed by atoms with E-state index in [0.29, 0.717) is 12.1 Å². The average molecular weight is 417 g/mol. The van der Waals surface area contributed by atoms with Gasteiger partial charge in [0.2, 0.25) is 5.83 Å². The minimum atomic E-state index is -5.50. The number of hydrogen-bond donors (Lipinski definition) is 3. The van der Waals surface area contributed by atoms with Crippen molar-refractivity contribution in [2.24, 2.45) is 0 Å².